The summed E-state index contributed by atoms with van der Waals surface area (Å²) in [6.07, 6.45) is 1.90. The highest BCUT2D eigenvalue weighted by Crippen LogP contribution is 2.32. The van der Waals surface area contributed by atoms with Crippen LogP contribution in [0.5, 0.6) is 0 Å². The number of aliphatic imine (C=N–C) groups is 1. The number of carbonyl (C=O) groups excluding carboxylic acids is 1. The van der Waals surface area contributed by atoms with Crippen molar-refractivity contribution in [2.45, 2.75) is 0 Å². The predicted octanol–water partition coefficient (Wildman–Crippen LogP) is 3.92. The van der Waals surface area contributed by atoms with E-state index in [9.17, 15) is 4.79 Å². The van der Waals surface area contributed by atoms with Crippen molar-refractivity contribution < 1.29 is 4.79 Å². The minimum absolute atomic E-state index is 0.0152. The topological polar surface area (TPSA) is 32.7 Å². The van der Waals surface area contributed by atoms with Gasteiger partial charge in [-0.05, 0) is 35.5 Å². The van der Waals surface area contributed by atoms with Crippen LogP contribution in [0.4, 0.5) is 5.69 Å². The second-order valence-electron chi connectivity index (χ2n) is 4.62. The summed E-state index contributed by atoms with van der Waals surface area (Å²) in [7, 11) is 1.75. The fourth-order valence-electron chi connectivity index (χ4n) is 1.97. The van der Waals surface area contributed by atoms with Crippen LogP contribution in [-0.2, 0) is 4.79 Å². The summed E-state index contributed by atoms with van der Waals surface area (Å²) in [6.45, 7) is 0. The van der Waals surface area contributed by atoms with E-state index in [1.165, 1.54) is 11.8 Å². The van der Waals surface area contributed by atoms with E-state index in [2.05, 4.69) is 4.99 Å². The minimum atomic E-state index is -0.0152. The Kier molecular flexibility index (Phi) is 3.88. The lowest BCUT2D eigenvalue weighted by Crippen LogP contribution is -2.23. The molecule has 1 aliphatic rings. The van der Waals surface area contributed by atoms with Crippen LogP contribution in [-0.4, -0.2) is 23.0 Å². The maximum absolute atomic E-state index is 12.3. The first-order chi connectivity index (χ1) is 10.2. The highest BCUT2D eigenvalue weighted by Gasteiger charge is 2.30. The van der Waals surface area contributed by atoms with Gasteiger partial charge in [0.25, 0.3) is 5.91 Å². The van der Waals surface area contributed by atoms with Crippen molar-refractivity contribution in [2.75, 3.05) is 7.05 Å². The number of para-hydroxylation sites is 1. The van der Waals surface area contributed by atoms with Crippen molar-refractivity contribution in [1.29, 1.82) is 0 Å². The van der Waals surface area contributed by atoms with Crippen LogP contribution in [0, 0.1) is 0 Å². The highest BCUT2D eigenvalue weighted by atomic mass is 32.2. The molecule has 0 radical (unpaired) electrons. The highest BCUT2D eigenvalue weighted by molar-refractivity contribution is 8.18. The van der Waals surface area contributed by atoms with Crippen molar-refractivity contribution >= 4 is 34.6 Å². The average Bonchev–Trinajstić information content (AvgIpc) is 2.78. The Morgan fingerprint density at radius 1 is 1.00 bits per heavy atom. The van der Waals surface area contributed by atoms with Gasteiger partial charge in [0.05, 0.1) is 10.6 Å². The van der Waals surface area contributed by atoms with Gasteiger partial charge in [-0.2, -0.15) is 0 Å². The first kappa shape index (κ1) is 13.6. The van der Waals surface area contributed by atoms with E-state index < -0.39 is 0 Å². The lowest BCUT2D eigenvalue weighted by atomic mass is 10.2. The Morgan fingerprint density at radius 2 is 1.62 bits per heavy atom. The van der Waals surface area contributed by atoms with Gasteiger partial charge < -0.3 is 0 Å². The summed E-state index contributed by atoms with van der Waals surface area (Å²) in [5.41, 5.74) is 1.86. The molecule has 3 rings (SSSR count). The predicted molar refractivity (Wildman–Crippen MR) is 88.3 cm³/mol. The van der Waals surface area contributed by atoms with Crippen LogP contribution in [0.3, 0.4) is 0 Å². The summed E-state index contributed by atoms with van der Waals surface area (Å²) in [5, 5.41) is 0.702. The van der Waals surface area contributed by atoms with Gasteiger partial charge in [-0.15, -0.1) is 0 Å². The summed E-state index contributed by atoms with van der Waals surface area (Å²) in [4.78, 5) is 19.1. The summed E-state index contributed by atoms with van der Waals surface area (Å²) in [5.74, 6) is -0.0152. The molecule has 0 saturated carbocycles. The molecule has 21 heavy (non-hydrogen) atoms. The van der Waals surface area contributed by atoms with E-state index in [0.717, 1.165) is 11.3 Å². The average molecular weight is 294 g/mol. The summed E-state index contributed by atoms with van der Waals surface area (Å²) < 4.78 is 0. The Balaban J connectivity index is 1.89. The molecule has 0 bridgehead atoms. The molecule has 0 unspecified atom stereocenters. The standard InChI is InChI=1S/C17H14N2OS/c1-19-16(20)15(12-13-8-4-2-5-9-13)21-17(19)18-14-10-6-3-7-11-14/h2-12H,1H3/b15-12+,18-17?. The largest absolute Gasteiger partial charge is 0.290 e. The smallest absolute Gasteiger partial charge is 0.266 e. The number of rotatable bonds is 2. The number of hydrogen-bond donors (Lipinski definition) is 0. The van der Waals surface area contributed by atoms with E-state index in [4.69, 9.17) is 0 Å². The molecule has 1 heterocycles. The van der Waals surface area contributed by atoms with E-state index >= 15 is 0 Å². The van der Waals surface area contributed by atoms with Crippen LogP contribution in [0.1, 0.15) is 5.56 Å². The molecule has 3 nitrogen and oxygen atoms in total. The molecule has 1 fully saturated rings. The fraction of sp³-hybridized carbons (Fsp3) is 0.0588. The molecule has 1 saturated heterocycles. The molecule has 1 amide bonds. The van der Waals surface area contributed by atoms with Crippen molar-refractivity contribution in [3.63, 3.8) is 0 Å². The molecule has 4 heteroatoms. The van der Waals surface area contributed by atoms with Gasteiger partial charge in [-0.25, -0.2) is 4.99 Å². The van der Waals surface area contributed by atoms with Crippen LogP contribution >= 0.6 is 11.8 Å². The first-order valence-corrected chi connectivity index (χ1v) is 7.42. The Bertz CT molecular complexity index is 708. The van der Waals surface area contributed by atoms with Crippen molar-refractivity contribution in [3.8, 4) is 0 Å². The SMILES string of the molecule is CN1C(=O)/C(=C\c2ccccc2)SC1=Nc1ccccc1. The number of benzene rings is 2. The van der Waals surface area contributed by atoms with Crippen LogP contribution in [0.25, 0.3) is 6.08 Å². The first-order valence-electron chi connectivity index (χ1n) is 6.60. The Hall–Kier alpha value is -2.33. The summed E-state index contributed by atoms with van der Waals surface area (Å²) >= 11 is 1.40. The summed E-state index contributed by atoms with van der Waals surface area (Å²) in [6, 6.07) is 19.5. The van der Waals surface area contributed by atoms with E-state index in [1.54, 1.807) is 11.9 Å². The third kappa shape index (κ3) is 3.06. The minimum Gasteiger partial charge on any atom is -0.290 e. The zero-order valence-electron chi connectivity index (χ0n) is 11.6. The van der Waals surface area contributed by atoms with Crippen LogP contribution < -0.4 is 0 Å². The van der Waals surface area contributed by atoms with Crippen molar-refractivity contribution in [3.05, 3.63) is 71.1 Å². The maximum atomic E-state index is 12.3. The number of amidine groups is 1. The molecular formula is C17H14N2OS. The van der Waals surface area contributed by atoms with Gasteiger partial charge >= 0.3 is 0 Å². The van der Waals surface area contributed by atoms with E-state index in [1.807, 2.05) is 66.7 Å². The van der Waals surface area contributed by atoms with E-state index in [0.29, 0.717) is 10.1 Å². The zero-order chi connectivity index (χ0) is 14.7. The van der Waals surface area contributed by atoms with Crippen LogP contribution in [0.15, 0.2) is 70.6 Å². The van der Waals surface area contributed by atoms with Gasteiger partial charge in [0.15, 0.2) is 5.17 Å². The molecule has 2 aromatic rings. The quantitative estimate of drug-likeness (QED) is 0.786. The third-order valence-electron chi connectivity index (χ3n) is 3.08. The van der Waals surface area contributed by atoms with Gasteiger partial charge in [-0.1, -0.05) is 48.5 Å². The van der Waals surface area contributed by atoms with Crippen molar-refractivity contribution in [1.82, 2.24) is 4.90 Å². The molecule has 0 spiro atoms. The number of likely N-dealkylation sites (N-methyl/N-ethyl adjacent to an activating group) is 1. The van der Waals surface area contributed by atoms with Gasteiger partial charge in [0, 0.05) is 7.05 Å². The monoisotopic (exact) mass is 294 g/mol. The number of thioether (sulfide) groups is 1. The third-order valence-corrected chi connectivity index (χ3v) is 4.14. The number of hydrogen-bond acceptors (Lipinski definition) is 3. The normalized spacial score (nSPS) is 18.7. The molecule has 0 atom stereocenters. The van der Waals surface area contributed by atoms with Gasteiger partial charge in [0.2, 0.25) is 0 Å². The molecule has 0 aromatic heterocycles. The lowest BCUT2D eigenvalue weighted by Gasteiger charge is -2.06. The second-order valence-corrected chi connectivity index (χ2v) is 5.62. The van der Waals surface area contributed by atoms with Crippen LogP contribution in [0.2, 0.25) is 0 Å². The molecule has 104 valence electrons. The maximum Gasteiger partial charge on any atom is 0.266 e. The van der Waals surface area contributed by atoms with Gasteiger partial charge in [0.1, 0.15) is 0 Å². The van der Waals surface area contributed by atoms with Gasteiger partial charge in [-0.3, -0.25) is 9.69 Å². The number of carbonyl (C=O) groups is 1. The fourth-order valence-corrected chi connectivity index (χ4v) is 2.95. The number of amides is 1. The molecule has 1 aliphatic heterocycles. The lowest BCUT2D eigenvalue weighted by molar-refractivity contribution is -0.121. The second kappa shape index (κ2) is 5.97. The van der Waals surface area contributed by atoms with E-state index in [-0.39, 0.29) is 5.91 Å². The Morgan fingerprint density at radius 3 is 2.29 bits per heavy atom. The molecule has 0 N–H and O–H groups in total. The molecule has 0 aliphatic carbocycles. The Labute approximate surface area is 128 Å². The van der Waals surface area contributed by atoms with Crippen molar-refractivity contribution in [2.24, 2.45) is 4.99 Å². The zero-order valence-corrected chi connectivity index (χ0v) is 12.4. The molecular weight excluding hydrogens is 280 g/mol. The molecule has 2 aromatic carbocycles. The number of nitrogens with zero attached hydrogens (tertiary/aromatic N) is 2.